The van der Waals surface area contributed by atoms with Crippen molar-refractivity contribution in [2.24, 2.45) is 5.16 Å². The van der Waals surface area contributed by atoms with Crippen molar-refractivity contribution >= 4 is 37.6 Å². The Morgan fingerprint density at radius 2 is 2.07 bits per heavy atom. The lowest BCUT2D eigenvalue weighted by molar-refractivity contribution is 0.104. The zero-order valence-corrected chi connectivity index (χ0v) is 10.6. The van der Waals surface area contributed by atoms with Crippen molar-refractivity contribution in [2.75, 3.05) is 5.33 Å². The largest absolute Gasteiger partial charge is 0.391 e. The van der Waals surface area contributed by atoms with E-state index >= 15 is 0 Å². The van der Waals surface area contributed by atoms with E-state index in [0.717, 1.165) is 27.5 Å². The summed E-state index contributed by atoms with van der Waals surface area (Å²) in [4.78, 5) is 5.23. The molecule has 1 aliphatic heterocycles. The molecule has 4 heteroatoms. The first-order valence-corrected chi connectivity index (χ1v) is 6.25. The molecule has 2 nitrogen and oxygen atoms in total. The molecular formula is C10H9Br2NO. The quantitative estimate of drug-likeness (QED) is 0.766. The number of hydrogen-bond acceptors (Lipinski definition) is 2. The summed E-state index contributed by atoms with van der Waals surface area (Å²) in [6.07, 6.45) is 1.07. The van der Waals surface area contributed by atoms with Crippen molar-refractivity contribution in [1.82, 2.24) is 0 Å². The van der Waals surface area contributed by atoms with E-state index in [0.29, 0.717) is 0 Å². The summed E-state index contributed by atoms with van der Waals surface area (Å²) in [7, 11) is 0. The van der Waals surface area contributed by atoms with Crippen LogP contribution in [-0.2, 0) is 4.84 Å². The van der Waals surface area contributed by atoms with Gasteiger partial charge in [-0.2, -0.15) is 0 Å². The Hall–Kier alpha value is -0.350. The highest BCUT2D eigenvalue weighted by molar-refractivity contribution is 9.10. The summed E-state index contributed by atoms with van der Waals surface area (Å²) in [5.41, 5.74) is 2.17. The number of alkyl halides is 1. The normalized spacial score (nSPS) is 20.4. The molecular weight excluding hydrogens is 310 g/mol. The molecule has 1 aliphatic rings. The van der Waals surface area contributed by atoms with E-state index < -0.39 is 0 Å². The topological polar surface area (TPSA) is 21.6 Å². The van der Waals surface area contributed by atoms with Crippen LogP contribution in [0.15, 0.2) is 33.9 Å². The summed E-state index contributed by atoms with van der Waals surface area (Å²) in [5, 5.41) is 4.89. The van der Waals surface area contributed by atoms with Crippen molar-refractivity contribution in [2.45, 2.75) is 12.5 Å². The van der Waals surface area contributed by atoms with Crippen LogP contribution in [0.25, 0.3) is 0 Å². The van der Waals surface area contributed by atoms with Gasteiger partial charge in [-0.1, -0.05) is 49.1 Å². The van der Waals surface area contributed by atoms with Gasteiger partial charge < -0.3 is 4.84 Å². The van der Waals surface area contributed by atoms with Gasteiger partial charge in [-0.3, -0.25) is 0 Å². The third-order valence-electron chi connectivity index (χ3n) is 2.08. The minimum atomic E-state index is 0.189. The predicted octanol–water partition coefficient (Wildman–Crippen LogP) is 3.34. The van der Waals surface area contributed by atoms with Gasteiger partial charge in [0.15, 0.2) is 0 Å². The smallest absolute Gasteiger partial charge is 0.142 e. The molecule has 74 valence electrons. The monoisotopic (exact) mass is 317 g/mol. The van der Waals surface area contributed by atoms with E-state index in [1.807, 2.05) is 24.3 Å². The highest BCUT2D eigenvalue weighted by Crippen LogP contribution is 2.19. The van der Waals surface area contributed by atoms with E-state index in [9.17, 15) is 0 Å². The van der Waals surface area contributed by atoms with Gasteiger partial charge in [-0.15, -0.1) is 0 Å². The molecule has 0 saturated carbocycles. The number of hydrogen-bond donors (Lipinski definition) is 0. The molecule has 0 bridgehead atoms. The Morgan fingerprint density at radius 1 is 1.36 bits per heavy atom. The third-order valence-corrected chi connectivity index (χ3v) is 3.33. The molecule has 1 heterocycles. The summed E-state index contributed by atoms with van der Waals surface area (Å²) in [6, 6.07) is 8.12. The number of nitrogens with zero attached hydrogens (tertiary/aromatic N) is 1. The highest BCUT2D eigenvalue weighted by atomic mass is 79.9. The molecule has 1 aromatic carbocycles. The van der Waals surface area contributed by atoms with Crippen molar-refractivity contribution < 1.29 is 4.84 Å². The van der Waals surface area contributed by atoms with E-state index in [2.05, 4.69) is 37.0 Å². The van der Waals surface area contributed by atoms with Crippen LogP contribution in [0, 0.1) is 0 Å². The molecule has 1 aromatic rings. The molecule has 0 spiro atoms. The molecule has 0 aromatic heterocycles. The zero-order valence-electron chi connectivity index (χ0n) is 7.41. The lowest BCUT2D eigenvalue weighted by Crippen LogP contribution is -2.09. The van der Waals surface area contributed by atoms with Crippen LogP contribution in [0.4, 0.5) is 0 Å². The molecule has 0 saturated heterocycles. The van der Waals surface area contributed by atoms with E-state index in [1.54, 1.807) is 0 Å². The van der Waals surface area contributed by atoms with E-state index in [4.69, 9.17) is 4.84 Å². The van der Waals surface area contributed by atoms with Crippen LogP contribution < -0.4 is 0 Å². The van der Waals surface area contributed by atoms with Gasteiger partial charge in [-0.05, 0) is 17.7 Å². The van der Waals surface area contributed by atoms with Crippen molar-refractivity contribution in [3.63, 3.8) is 0 Å². The molecule has 0 amide bonds. The van der Waals surface area contributed by atoms with Crippen LogP contribution in [0.5, 0.6) is 0 Å². The molecule has 0 radical (unpaired) electrons. The predicted molar refractivity (Wildman–Crippen MR) is 64.0 cm³/mol. The molecule has 1 atom stereocenters. The Bertz CT molecular complexity index is 348. The first-order chi connectivity index (χ1) is 6.79. The minimum absolute atomic E-state index is 0.189. The average Bonchev–Trinajstić information content (AvgIpc) is 2.67. The van der Waals surface area contributed by atoms with Gasteiger partial charge in [0.1, 0.15) is 6.10 Å². The Labute approximate surface area is 99.6 Å². The van der Waals surface area contributed by atoms with Crippen LogP contribution in [0.1, 0.15) is 12.0 Å². The molecule has 14 heavy (non-hydrogen) atoms. The fourth-order valence-corrected chi connectivity index (χ4v) is 1.94. The van der Waals surface area contributed by atoms with Gasteiger partial charge in [0.2, 0.25) is 0 Å². The van der Waals surface area contributed by atoms with Crippen LogP contribution in [-0.4, -0.2) is 17.1 Å². The van der Waals surface area contributed by atoms with Gasteiger partial charge in [0, 0.05) is 16.2 Å². The molecule has 2 rings (SSSR count). The maximum absolute atomic E-state index is 5.23. The highest BCUT2D eigenvalue weighted by Gasteiger charge is 2.20. The lowest BCUT2D eigenvalue weighted by Gasteiger charge is -2.01. The third kappa shape index (κ3) is 2.17. The number of oxime groups is 1. The zero-order chi connectivity index (χ0) is 9.97. The number of halogens is 2. The number of benzene rings is 1. The fourth-order valence-electron chi connectivity index (χ4n) is 1.32. The van der Waals surface area contributed by atoms with Crippen molar-refractivity contribution in [1.29, 1.82) is 0 Å². The fraction of sp³-hybridized carbons (Fsp3) is 0.300. The maximum Gasteiger partial charge on any atom is 0.142 e. The summed E-state index contributed by atoms with van der Waals surface area (Å²) >= 11 is 6.78. The van der Waals surface area contributed by atoms with Crippen LogP contribution >= 0.6 is 31.9 Å². The maximum atomic E-state index is 5.23. The van der Waals surface area contributed by atoms with Crippen LogP contribution in [0.2, 0.25) is 0 Å². The second-order valence-electron chi connectivity index (χ2n) is 3.13. The van der Waals surface area contributed by atoms with Crippen molar-refractivity contribution in [3.8, 4) is 0 Å². The second-order valence-corrected chi connectivity index (χ2v) is 4.69. The molecule has 0 N–H and O–H groups in total. The van der Waals surface area contributed by atoms with Gasteiger partial charge >= 0.3 is 0 Å². The van der Waals surface area contributed by atoms with Gasteiger partial charge in [-0.25, -0.2) is 0 Å². The Morgan fingerprint density at radius 3 is 2.64 bits per heavy atom. The standard InChI is InChI=1S/C10H9Br2NO/c11-6-9-5-10(13-14-9)7-1-3-8(12)4-2-7/h1-4,9H,5-6H2/t9-/m0/s1. The number of rotatable bonds is 2. The first kappa shape index (κ1) is 10.2. The SMILES string of the molecule is BrC[C@@H]1CC(c2ccc(Br)cc2)=NO1. The first-order valence-electron chi connectivity index (χ1n) is 4.34. The molecule has 0 unspecified atom stereocenters. The Balaban J connectivity index is 2.13. The minimum Gasteiger partial charge on any atom is -0.391 e. The molecule has 0 aliphatic carbocycles. The average molecular weight is 319 g/mol. The van der Waals surface area contributed by atoms with E-state index in [-0.39, 0.29) is 6.10 Å². The van der Waals surface area contributed by atoms with Gasteiger partial charge in [0.25, 0.3) is 0 Å². The second kappa shape index (κ2) is 4.45. The summed E-state index contributed by atoms with van der Waals surface area (Å²) in [6.45, 7) is 0. The summed E-state index contributed by atoms with van der Waals surface area (Å²) in [5.74, 6) is 0. The molecule has 0 fully saturated rings. The summed E-state index contributed by atoms with van der Waals surface area (Å²) < 4.78 is 1.08. The van der Waals surface area contributed by atoms with E-state index in [1.165, 1.54) is 0 Å². The van der Waals surface area contributed by atoms with Crippen LogP contribution in [0.3, 0.4) is 0 Å². The van der Waals surface area contributed by atoms with Gasteiger partial charge in [0.05, 0.1) is 5.71 Å². The Kier molecular flexibility index (Phi) is 3.23. The lowest BCUT2D eigenvalue weighted by atomic mass is 10.1. The van der Waals surface area contributed by atoms with Crippen molar-refractivity contribution in [3.05, 3.63) is 34.3 Å².